The number of amides is 2. The molecule has 0 aliphatic carbocycles. The zero-order valence-electron chi connectivity index (χ0n) is 16.0. The normalized spacial score (nSPS) is 10.2. The van der Waals surface area contributed by atoms with Crippen LogP contribution >= 0.6 is 0 Å². The van der Waals surface area contributed by atoms with Crippen molar-refractivity contribution in [1.29, 1.82) is 0 Å². The summed E-state index contributed by atoms with van der Waals surface area (Å²) in [7, 11) is 0. The van der Waals surface area contributed by atoms with Gasteiger partial charge in [0.1, 0.15) is 11.5 Å². The van der Waals surface area contributed by atoms with E-state index in [2.05, 4.69) is 5.32 Å². The third-order valence-electron chi connectivity index (χ3n) is 3.85. The van der Waals surface area contributed by atoms with E-state index in [0.29, 0.717) is 30.3 Å². The molecule has 0 aliphatic heterocycles. The molecule has 0 unspecified atom stereocenters. The summed E-state index contributed by atoms with van der Waals surface area (Å²) in [6.07, 6.45) is 0.174. The van der Waals surface area contributed by atoms with Crippen LogP contribution in [0.15, 0.2) is 48.5 Å². The van der Waals surface area contributed by atoms with Crippen LogP contribution in [0.25, 0.3) is 0 Å². The molecule has 2 aromatic carbocycles. The summed E-state index contributed by atoms with van der Waals surface area (Å²) in [6, 6.07) is 14.5. The molecule has 0 aromatic heterocycles. The van der Waals surface area contributed by atoms with Gasteiger partial charge in [-0.1, -0.05) is 12.1 Å². The van der Waals surface area contributed by atoms with E-state index in [1.54, 1.807) is 29.2 Å². The van der Waals surface area contributed by atoms with Crippen LogP contribution in [-0.4, -0.2) is 31.6 Å². The molecule has 0 aliphatic rings. The molecular weight excluding hydrogens is 344 g/mol. The highest BCUT2D eigenvalue weighted by Crippen LogP contribution is 2.28. The molecule has 0 saturated carbocycles. The highest BCUT2D eigenvalue weighted by molar-refractivity contribution is 5.95. The van der Waals surface area contributed by atoms with Crippen LogP contribution in [0.1, 0.15) is 27.2 Å². The van der Waals surface area contributed by atoms with Crippen molar-refractivity contribution < 1.29 is 19.1 Å². The van der Waals surface area contributed by atoms with Crippen molar-refractivity contribution in [1.82, 2.24) is 0 Å². The summed E-state index contributed by atoms with van der Waals surface area (Å²) in [6.45, 7) is 6.64. The SMILES string of the molecule is CCOc1ccc(NC(=O)CCN(C(C)=O)c2ccccc2OCC)cc1. The number of hydrogen-bond acceptors (Lipinski definition) is 4. The van der Waals surface area contributed by atoms with Crippen molar-refractivity contribution in [2.24, 2.45) is 0 Å². The smallest absolute Gasteiger partial charge is 0.226 e. The average molecular weight is 370 g/mol. The van der Waals surface area contributed by atoms with Gasteiger partial charge in [0.15, 0.2) is 0 Å². The summed E-state index contributed by atoms with van der Waals surface area (Å²) < 4.78 is 11.0. The molecular formula is C21H26N2O4. The van der Waals surface area contributed by atoms with Gasteiger partial charge in [-0.2, -0.15) is 0 Å². The van der Waals surface area contributed by atoms with Crippen LogP contribution < -0.4 is 19.7 Å². The number of para-hydroxylation sites is 2. The van der Waals surface area contributed by atoms with Crippen LogP contribution in [0.4, 0.5) is 11.4 Å². The fourth-order valence-corrected chi connectivity index (χ4v) is 2.64. The third-order valence-corrected chi connectivity index (χ3v) is 3.85. The second-order valence-electron chi connectivity index (χ2n) is 5.83. The molecule has 1 N–H and O–H groups in total. The fourth-order valence-electron chi connectivity index (χ4n) is 2.64. The molecule has 6 nitrogen and oxygen atoms in total. The molecule has 6 heteroatoms. The number of carbonyl (C=O) groups is 2. The Labute approximate surface area is 160 Å². The van der Waals surface area contributed by atoms with Crippen molar-refractivity contribution in [3.63, 3.8) is 0 Å². The average Bonchev–Trinajstić information content (AvgIpc) is 2.65. The van der Waals surface area contributed by atoms with Crippen LogP contribution in [0.3, 0.4) is 0 Å². The summed E-state index contributed by atoms with van der Waals surface area (Å²) in [5.74, 6) is 1.07. The Hall–Kier alpha value is -3.02. The summed E-state index contributed by atoms with van der Waals surface area (Å²) in [5, 5.41) is 2.83. The first kappa shape index (κ1) is 20.3. The van der Waals surface area contributed by atoms with Gasteiger partial charge in [0.25, 0.3) is 0 Å². The monoisotopic (exact) mass is 370 g/mol. The van der Waals surface area contributed by atoms with Gasteiger partial charge in [-0.05, 0) is 50.2 Å². The molecule has 0 atom stereocenters. The van der Waals surface area contributed by atoms with Crippen LogP contribution in [0.2, 0.25) is 0 Å². The maximum absolute atomic E-state index is 12.3. The molecule has 0 fully saturated rings. The third kappa shape index (κ3) is 6.02. The summed E-state index contributed by atoms with van der Waals surface area (Å²) in [4.78, 5) is 25.9. The van der Waals surface area contributed by atoms with E-state index < -0.39 is 0 Å². The number of ether oxygens (including phenoxy) is 2. The molecule has 2 aromatic rings. The first-order valence-electron chi connectivity index (χ1n) is 9.07. The van der Waals surface area contributed by atoms with Crippen molar-refractivity contribution in [3.8, 4) is 11.5 Å². The number of carbonyl (C=O) groups excluding carboxylic acids is 2. The summed E-state index contributed by atoms with van der Waals surface area (Å²) >= 11 is 0. The van der Waals surface area contributed by atoms with Gasteiger partial charge in [-0.3, -0.25) is 9.59 Å². The highest BCUT2D eigenvalue weighted by atomic mass is 16.5. The number of benzene rings is 2. The lowest BCUT2D eigenvalue weighted by molar-refractivity contribution is -0.117. The lowest BCUT2D eigenvalue weighted by atomic mass is 10.2. The van der Waals surface area contributed by atoms with Crippen LogP contribution in [-0.2, 0) is 9.59 Å². The van der Waals surface area contributed by atoms with Crippen molar-refractivity contribution in [2.75, 3.05) is 30.0 Å². The van der Waals surface area contributed by atoms with E-state index in [1.165, 1.54) is 6.92 Å². The van der Waals surface area contributed by atoms with E-state index >= 15 is 0 Å². The number of rotatable bonds is 9. The predicted molar refractivity (Wildman–Crippen MR) is 106 cm³/mol. The molecule has 2 amide bonds. The Morgan fingerprint density at radius 2 is 1.63 bits per heavy atom. The fraction of sp³-hybridized carbons (Fsp3) is 0.333. The van der Waals surface area contributed by atoms with Crippen molar-refractivity contribution >= 4 is 23.2 Å². The Morgan fingerprint density at radius 1 is 0.963 bits per heavy atom. The minimum atomic E-state index is -0.167. The van der Waals surface area contributed by atoms with Crippen molar-refractivity contribution in [3.05, 3.63) is 48.5 Å². The summed E-state index contributed by atoms with van der Waals surface area (Å²) in [5.41, 5.74) is 1.35. The number of nitrogens with one attached hydrogen (secondary N) is 1. The van der Waals surface area contributed by atoms with E-state index in [9.17, 15) is 9.59 Å². The Bertz CT molecular complexity index is 759. The van der Waals surface area contributed by atoms with Gasteiger partial charge in [0.2, 0.25) is 11.8 Å². The van der Waals surface area contributed by atoms with E-state index in [0.717, 1.165) is 5.75 Å². The Balaban J connectivity index is 1.99. The quantitative estimate of drug-likeness (QED) is 0.728. The van der Waals surface area contributed by atoms with Crippen LogP contribution in [0, 0.1) is 0 Å². The zero-order valence-corrected chi connectivity index (χ0v) is 16.0. The molecule has 0 bridgehead atoms. The second kappa shape index (κ2) is 10.2. The van der Waals surface area contributed by atoms with Gasteiger partial charge in [0.05, 0.1) is 18.9 Å². The van der Waals surface area contributed by atoms with Crippen LogP contribution in [0.5, 0.6) is 11.5 Å². The minimum Gasteiger partial charge on any atom is -0.494 e. The van der Waals surface area contributed by atoms with Gasteiger partial charge in [-0.15, -0.1) is 0 Å². The van der Waals surface area contributed by atoms with E-state index in [-0.39, 0.29) is 24.8 Å². The molecule has 2 rings (SSSR count). The maximum atomic E-state index is 12.3. The number of anilines is 2. The predicted octanol–water partition coefficient (Wildman–Crippen LogP) is 3.87. The molecule has 0 spiro atoms. The Morgan fingerprint density at radius 3 is 2.26 bits per heavy atom. The largest absolute Gasteiger partial charge is 0.494 e. The van der Waals surface area contributed by atoms with E-state index in [4.69, 9.17) is 9.47 Å². The molecule has 144 valence electrons. The molecule has 0 heterocycles. The standard InChI is InChI=1S/C21H26N2O4/c1-4-26-18-12-10-17(11-13-18)22-21(25)14-15-23(16(3)24)19-8-6-7-9-20(19)27-5-2/h6-13H,4-5,14-15H2,1-3H3,(H,22,25). The lowest BCUT2D eigenvalue weighted by Gasteiger charge is -2.23. The topological polar surface area (TPSA) is 67.9 Å². The highest BCUT2D eigenvalue weighted by Gasteiger charge is 2.17. The minimum absolute atomic E-state index is 0.143. The van der Waals surface area contributed by atoms with Gasteiger partial charge in [-0.25, -0.2) is 0 Å². The maximum Gasteiger partial charge on any atom is 0.226 e. The first-order chi connectivity index (χ1) is 13.0. The lowest BCUT2D eigenvalue weighted by Crippen LogP contribution is -2.32. The molecule has 27 heavy (non-hydrogen) atoms. The number of hydrogen-bond donors (Lipinski definition) is 1. The van der Waals surface area contributed by atoms with Gasteiger partial charge < -0.3 is 19.7 Å². The van der Waals surface area contributed by atoms with E-state index in [1.807, 2.05) is 38.1 Å². The van der Waals surface area contributed by atoms with Crippen molar-refractivity contribution in [2.45, 2.75) is 27.2 Å². The second-order valence-corrected chi connectivity index (χ2v) is 5.83. The first-order valence-corrected chi connectivity index (χ1v) is 9.07. The van der Waals surface area contributed by atoms with Gasteiger partial charge >= 0.3 is 0 Å². The Kier molecular flexibility index (Phi) is 7.67. The molecule has 0 saturated heterocycles. The number of nitrogens with zero attached hydrogens (tertiary/aromatic N) is 1. The van der Waals surface area contributed by atoms with Gasteiger partial charge in [0, 0.05) is 25.6 Å². The zero-order chi connectivity index (χ0) is 19.6. The molecule has 0 radical (unpaired) electrons.